The molecule has 1 aromatic carbocycles. The molecular weight excluding hydrogens is 428 g/mol. The first kappa shape index (κ1) is 20.3. The zero-order chi connectivity index (χ0) is 20.6. The maximum atomic E-state index is 12.6. The SMILES string of the molecule is Cc1cc(Br)ccc1NC(=O)CN(C)C(=O)CN1C(=O)N[C@@](C)(C2CC2)C1=O. The van der Waals surface area contributed by atoms with Crippen LogP contribution >= 0.6 is 15.9 Å². The van der Waals surface area contributed by atoms with Crippen molar-refractivity contribution in [2.45, 2.75) is 32.2 Å². The summed E-state index contributed by atoms with van der Waals surface area (Å²) in [4.78, 5) is 51.6. The highest BCUT2D eigenvalue weighted by molar-refractivity contribution is 9.10. The Morgan fingerprint density at radius 1 is 1.36 bits per heavy atom. The van der Waals surface area contributed by atoms with Crippen LogP contribution in [-0.4, -0.2) is 59.2 Å². The molecule has 3 rings (SSSR count). The highest BCUT2D eigenvalue weighted by Gasteiger charge is 2.56. The van der Waals surface area contributed by atoms with Crippen LogP contribution in [0.2, 0.25) is 0 Å². The Hall–Kier alpha value is -2.42. The number of nitrogens with zero attached hydrogens (tertiary/aromatic N) is 2. The first-order valence-electron chi connectivity index (χ1n) is 9.06. The summed E-state index contributed by atoms with van der Waals surface area (Å²) >= 11 is 3.36. The van der Waals surface area contributed by atoms with Crippen LogP contribution in [0.25, 0.3) is 0 Å². The standard InChI is InChI=1S/C19H23BrN4O4/c1-11-8-13(20)6-7-14(11)21-15(25)9-23(3)16(26)10-24-17(27)19(2,12-4-5-12)22-18(24)28/h6-8,12H,4-5,9-10H2,1-3H3,(H,21,25)(H,22,28)/t19-/m0/s1. The van der Waals surface area contributed by atoms with Crippen molar-refractivity contribution < 1.29 is 19.2 Å². The largest absolute Gasteiger partial charge is 0.335 e. The van der Waals surface area contributed by atoms with E-state index in [1.54, 1.807) is 13.0 Å². The zero-order valence-electron chi connectivity index (χ0n) is 16.0. The minimum atomic E-state index is -0.924. The van der Waals surface area contributed by atoms with Gasteiger partial charge in [-0.2, -0.15) is 0 Å². The van der Waals surface area contributed by atoms with Gasteiger partial charge in [0.05, 0.1) is 6.54 Å². The summed E-state index contributed by atoms with van der Waals surface area (Å²) in [6, 6.07) is 4.90. The molecular formula is C19H23BrN4O4. The van der Waals surface area contributed by atoms with Gasteiger partial charge in [-0.25, -0.2) is 4.79 Å². The van der Waals surface area contributed by atoms with Crippen molar-refractivity contribution in [3.8, 4) is 0 Å². The predicted octanol–water partition coefficient (Wildman–Crippen LogP) is 1.87. The molecule has 8 nitrogen and oxygen atoms in total. The van der Waals surface area contributed by atoms with Gasteiger partial charge in [-0.15, -0.1) is 0 Å². The number of imide groups is 1. The van der Waals surface area contributed by atoms with E-state index >= 15 is 0 Å². The normalized spacial score (nSPS) is 21.5. The number of benzene rings is 1. The summed E-state index contributed by atoms with van der Waals surface area (Å²) in [7, 11) is 1.47. The smallest absolute Gasteiger partial charge is 0.325 e. The topological polar surface area (TPSA) is 98.8 Å². The Morgan fingerprint density at radius 3 is 2.64 bits per heavy atom. The number of urea groups is 1. The number of halogens is 1. The average Bonchev–Trinajstić information content (AvgIpc) is 3.43. The minimum Gasteiger partial charge on any atom is -0.335 e. The van der Waals surface area contributed by atoms with E-state index in [2.05, 4.69) is 26.6 Å². The van der Waals surface area contributed by atoms with E-state index in [9.17, 15) is 19.2 Å². The molecule has 0 aromatic heterocycles. The van der Waals surface area contributed by atoms with E-state index in [-0.39, 0.29) is 30.8 Å². The number of anilines is 1. The van der Waals surface area contributed by atoms with Crippen LogP contribution in [0.1, 0.15) is 25.3 Å². The van der Waals surface area contributed by atoms with Crippen LogP contribution in [0.4, 0.5) is 10.5 Å². The summed E-state index contributed by atoms with van der Waals surface area (Å²) in [5.41, 5.74) is 0.616. The van der Waals surface area contributed by atoms with Gasteiger partial charge >= 0.3 is 6.03 Å². The van der Waals surface area contributed by atoms with E-state index in [0.717, 1.165) is 27.8 Å². The molecule has 1 aliphatic carbocycles. The molecule has 150 valence electrons. The van der Waals surface area contributed by atoms with E-state index in [1.165, 1.54) is 11.9 Å². The lowest BCUT2D eigenvalue weighted by atomic mass is 9.96. The lowest BCUT2D eigenvalue weighted by molar-refractivity contribution is -0.139. The summed E-state index contributed by atoms with van der Waals surface area (Å²) in [6.07, 6.45) is 1.78. The fraction of sp³-hybridized carbons (Fsp3) is 0.474. The third-order valence-corrected chi connectivity index (χ3v) is 5.75. The first-order chi connectivity index (χ1) is 13.1. The number of carbonyl (C=O) groups excluding carboxylic acids is 4. The number of carbonyl (C=O) groups is 4. The van der Waals surface area contributed by atoms with Crippen LogP contribution in [0, 0.1) is 12.8 Å². The van der Waals surface area contributed by atoms with Crippen molar-refractivity contribution in [1.29, 1.82) is 0 Å². The molecule has 1 aliphatic heterocycles. The van der Waals surface area contributed by atoms with Gasteiger partial charge in [0.1, 0.15) is 12.1 Å². The Morgan fingerprint density at radius 2 is 2.04 bits per heavy atom. The Balaban J connectivity index is 1.56. The van der Waals surface area contributed by atoms with E-state index in [1.807, 2.05) is 19.1 Å². The van der Waals surface area contributed by atoms with E-state index in [0.29, 0.717) is 5.69 Å². The molecule has 9 heteroatoms. The van der Waals surface area contributed by atoms with Gasteiger partial charge in [-0.1, -0.05) is 15.9 Å². The molecule has 1 saturated carbocycles. The van der Waals surface area contributed by atoms with Gasteiger partial charge in [0, 0.05) is 17.2 Å². The maximum absolute atomic E-state index is 12.6. The first-order valence-corrected chi connectivity index (χ1v) is 9.85. The Bertz CT molecular complexity index is 854. The van der Waals surface area contributed by atoms with Gasteiger partial charge < -0.3 is 15.5 Å². The van der Waals surface area contributed by atoms with Gasteiger partial charge in [0.15, 0.2) is 0 Å². The second-order valence-corrected chi connectivity index (χ2v) is 8.47. The predicted molar refractivity (Wildman–Crippen MR) is 107 cm³/mol. The van der Waals surface area contributed by atoms with Gasteiger partial charge in [-0.05, 0) is 56.4 Å². The molecule has 0 bridgehead atoms. The lowest BCUT2D eigenvalue weighted by Crippen LogP contribution is -2.47. The quantitative estimate of drug-likeness (QED) is 0.646. The molecule has 2 N–H and O–H groups in total. The number of likely N-dealkylation sites (N-methyl/N-ethyl adjacent to an activating group) is 1. The summed E-state index contributed by atoms with van der Waals surface area (Å²) in [5, 5.41) is 5.46. The number of aryl methyl sites for hydroxylation is 1. The van der Waals surface area contributed by atoms with E-state index < -0.39 is 17.5 Å². The monoisotopic (exact) mass is 450 g/mol. The third-order valence-electron chi connectivity index (χ3n) is 5.26. The lowest BCUT2D eigenvalue weighted by Gasteiger charge is -2.22. The van der Waals surface area contributed by atoms with Crippen molar-refractivity contribution in [3.05, 3.63) is 28.2 Å². The number of nitrogens with one attached hydrogen (secondary N) is 2. The van der Waals surface area contributed by atoms with Crippen LogP contribution in [-0.2, 0) is 14.4 Å². The molecule has 2 fully saturated rings. The Labute approximate surface area is 171 Å². The molecule has 0 spiro atoms. The van der Waals surface area contributed by atoms with Crippen molar-refractivity contribution in [1.82, 2.24) is 15.1 Å². The minimum absolute atomic E-state index is 0.127. The van der Waals surface area contributed by atoms with Gasteiger partial charge in [-0.3, -0.25) is 19.3 Å². The molecule has 28 heavy (non-hydrogen) atoms. The zero-order valence-corrected chi connectivity index (χ0v) is 17.6. The van der Waals surface area contributed by atoms with Crippen LogP contribution in [0.5, 0.6) is 0 Å². The second-order valence-electron chi connectivity index (χ2n) is 7.56. The highest BCUT2D eigenvalue weighted by Crippen LogP contribution is 2.42. The second kappa shape index (κ2) is 7.54. The fourth-order valence-electron chi connectivity index (χ4n) is 3.31. The highest BCUT2D eigenvalue weighted by atomic mass is 79.9. The van der Waals surface area contributed by atoms with Gasteiger partial charge in [0.2, 0.25) is 11.8 Å². The third kappa shape index (κ3) is 4.04. The molecule has 1 heterocycles. The molecule has 2 aliphatic rings. The van der Waals surface area contributed by atoms with Crippen LogP contribution in [0.3, 0.4) is 0 Å². The summed E-state index contributed by atoms with van der Waals surface area (Å²) in [5.74, 6) is -1.09. The van der Waals surface area contributed by atoms with E-state index in [4.69, 9.17) is 0 Å². The maximum Gasteiger partial charge on any atom is 0.325 e. The average molecular weight is 451 g/mol. The summed E-state index contributed by atoms with van der Waals surface area (Å²) < 4.78 is 0.905. The van der Waals surface area contributed by atoms with Crippen LogP contribution in [0.15, 0.2) is 22.7 Å². The van der Waals surface area contributed by atoms with Crippen molar-refractivity contribution in [2.24, 2.45) is 5.92 Å². The van der Waals surface area contributed by atoms with Crippen LogP contribution < -0.4 is 10.6 Å². The number of rotatable bonds is 6. The number of hydrogen-bond donors (Lipinski definition) is 2. The molecule has 0 radical (unpaired) electrons. The summed E-state index contributed by atoms with van der Waals surface area (Å²) in [6.45, 7) is 3.00. The van der Waals surface area contributed by atoms with Gasteiger partial charge in [0.25, 0.3) is 5.91 Å². The molecule has 5 amide bonds. The van der Waals surface area contributed by atoms with Crippen molar-refractivity contribution in [2.75, 3.05) is 25.5 Å². The Kier molecular flexibility index (Phi) is 5.47. The fourth-order valence-corrected chi connectivity index (χ4v) is 3.79. The molecule has 0 unspecified atom stereocenters. The van der Waals surface area contributed by atoms with Crippen molar-refractivity contribution >= 4 is 45.4 Å². The molecule has 1 saturated heterocycles. The number of hydrogen-bond acceptors (Lipinski definition) is 4. The number of amides is 5. The molecule has 1 atom stereocenters. The molecule has 1 aromatic rings. The van der Waals surface area contributed by atoms with Crippen molar-refractivity contribution in [3.63, 3.8) is 0 Å².